The number of hydrogen-bond donors (Lipinski definition) is 1. The third-order valence-electron chi connectivity index (χ3n) is 4.72. The number of H-pyrrole nitrogens is 1. The van der Waals surface area contributed by atoms with Crippen molar-refractivity contribution in [3.8, 4) is 0 Å². The summed E-state index contributed by atoms with van der Waals surface area (Å²) in [4.78, 5) is 21.9. The Balaban J connectivity index is 1.81. The standard InChI is InChI=1S/C21H28ClN3O2S/c1-13(28-18-12-23-14(2)24-18)19-16-9-11-25(20(26)27-21(3,4)5)10-8-15(16)6-7-17(19)22/h6-7,12-13H,8-11H2,1-5H3,(H,23,24). The van der Waals surface area contributed by atoms with Crippen molar-refractivity contribution in [2.75, 3.05) is 13.1 Å². The quantitative estimate of drug-likeness (QED) is 0.659. The van der Waals surface area contributed by atoms with Crippen LogP contribution in [-0.2, 0) is 17.6 Å². The molecule has 0 fully saturated rings. The lowest BCUT2D eigenvalue weighted by atomic mass is 9.95. The Morgan fingerprint density at radius 2 is 2.04 bits per heavy atom. The van der Waals surface area contributed by atoms with Crippen LogP contribution in [0.2, 0.25) is 5.02 Å². The Hall–Kier alpha value is -1.66. The van der Waals surface area contributed by atoms with Crippen LogP contribution in [0.3, 0.4) is 0 Å². The van der Waals surface area contributed by atoms with E-state index in [1.54, 1.807) is 16.7 Å². The lowest BCUT2D eigenvalue weighted by Gasteiger charge is -2.26. The lowest BCUT2D eigenvalue weighted by Crippen LogP contribution is -2.38. The van der Waals surface area contributed by atoms with Gasteiger partial charge in [-0.2, -0.15) is 0 Å². The van der Waals surface area contributed by atoms with Gasteiger partial charge in [0.25, 0.3) is 0 Å². The van der Waals surface area contributed by atoms with E-state index in [0.29, 0.717) is 13.1 Å². The monoisotopic (exact) mass is 421 g/mol. The van der Waals surface area contributed by atoms with Crippen LogP contribution in [0.5, 0.6) is 0 Å². The SMILES string of the molecule is Cc1nc(SC(C)c2c(Cl)ccc3c2CCN(C(=O)OC(C)(C)C)CC3)c[nH]1. The van der Waals surface area contributed by atoms with Crippen LogP contribution in [0.15, 0.2) is 23.4 Å². The first-order chi connectivity index (χ1) is 13.1. The number of aryl methyl sites for hydroxylation is 1. The molecule has 2 heterocycles. The van der Waals surface area contributed by atoms with E-state index in [0.717, 1.165) is 34.3 Å². The van der Waals surface area contributed by atoms with Crippen molar-refractivity contribution >= 4 is 29.5 Å². The molecule has 0 saturated carbocycles. The van der Waals surface area contributed by atoms with Gasteiger partial charge in [-0.1, -0.05) is 29.4 Å². The molecule has 1 unspecified atom stereocenters. The van der Waals surface area contributed by atoms with Gasteiger partial charge in [0.1, 0.15) is 16.5 Å². The molecule has 1 N–H and O–H groups in total. The van der Waals surface area contributed by atoms with E-state index in [1.165, 1.54) is 11.1 Å². The first-order valence-corrected chi connectivity index (χ1v) is 10.9. The number of amides is 1. The maximum atomic E-state index is 12.5. The molecule has 1 aromatic heterocycles. The summed E-state index contributed by atoms with van der Waals surface area (Å²) in [6.07, 6.45) is 3.26. The second-order valence-corrected chi connectivity index (χ2v) is 9.92. The van der Waals surface area contributed by atoms with Gasteiger partial charge in [-0.3, -0.25) is 0 Å². The van der Waals surface area contributed by atoms with Gasteiger partial charge in [0, 0.05) is 29.6 Å². The predicted molar refractivity (Wildman–Crippen MR) is 114 cm³/mol. The number of imidazole rings is 1. The number of rotatable bonds is 3. The van der Waals surface area contributed by atoms with E-state index in [4.69, 9.17) is 16.3 Å². The van der Waals surface area contributed by atoms with E-state index in [2.05, 4.69) is 23.0 Å². The van der Waals surface area contributed by atoms with E-state index in [-0.39, 0.29) is 11.3 Å². The molecule has 0 aliphatic carbocycles. The fraction of sp³-hybridized carbons (Fsp3) is 0.524. The van der Waals surface area contributed by atoms with Crippen molar-refractivity contribution in [2.45, 2.75) is 63.3 Å². The Bertz CT molecular complexity index is 860. The molecule has 2 aromatic rings. The van der Waals surface area contributed by atoms with Gasteiger partial charge in [-0.05, 0) is 70.2 Å². The topological polar surface area (TPSA) is 58.2 Å². The fourth-order valence-corrected chi connectivity index (χ4v) is 4.94. The Morgan fingerprint density at radius 1 is 1.32 bits per heavy atom. The first kappa shape index (κ1) is 21.1. The van der Waals surface area contributed by atoms with Crippen molar-refractivity contribution in [1.82, 2.24) is 14.9 Å². The summed E-state index contributed by atoms with van der Waals surface area (Å²) in [6.45, 7) is 11.1. The van der Waals surface area contributed by atoms with Crippen molar-refractivity contribution in [3.63, 3.8) is 0 Å². The number of carbonyl (C=O) groups is 1. The van der Waals surface area contributed by atoms with Crippen molar-refractivity contribution in [1.29, 1.82) is 0 Å². The van der Waals surface area contributed by atoms with Crippen LogP contribution in [0.25, 0.3) is 0 Å². The minimum Gasteiger partial charge on any atom is -0.444 e. The number of nitrogens with one attached hydrogen (secondary N) is 1. The number of thioether (sulfide) groups is 1. The van der Waals surface area contributed by atoms with E-state index in [9.17, 15) is 4.79 Å². The largest absolute Gasteiger partial charge is 0.444 e. The Labute approximate surface area is 176 Å². The summed E-state index contributed by atoms with van der Waals surface area (Å²) in [5.41, 5.74) is 3.18. The van der Waals surface area contributed by atoms with Crippen LogP contribution in [0.1, 0.15) is 55.5 Å². The second-order valence-electron chi connectivity index (χ2n) is 8.15. The highest BCUT2D eigenvalue weighted by Gasteiger charge is 2.27. The number of nitrogens with zero attached hydrogens (tertiary/aromatic N) is 2. The van der Waals surface area contributed by atoms with Gasteiger partial charge in [0.15, 0.2) is 0 Å². The molecule has 28 heavy (non-hydrogen) atoms. The van der Waals surface area contributed by atoms with Crippen LogP contribution < -0.4 is 0 Å². The van der Waals surface area contributed by atoms with Crippen molar-refractivity contribution in [2.24, 2.45) is 0 Å². The summed E-state index contributed by atoms with van der Waals surface area (Å²) < 4.78 is 5.56. The smallest absolute Gasteiger partial charge is 0.410 e. The normalized spacial score (nSPS) is 15.7. The van der Waals surface area contributed by atoms with Gasteiger partial charge in [0.05, 0.1) is 0 Å². The van der Waals surface area contributed by atoms with Gasteiger partial charge in [-0.15, -0.1) is 0 Å². The molecule has 0 saturated heterocycles. The van der Waals surface area contributed by atoms with Crippen molar-refractivity contribution in [3.05, 3.63) is 45.9 Å². The number of halogens is 1. The molecule has 1 aliphatic heterocycles. The third-order valence-corrected chi connectivity index (χ3v) is 6.09. The number of benzene rings is 1. The summed E-state index contributed by atoms with van der Waals surface area (Å²) in [5.74, 6) is 0.903. The first-order valence-electron chi connectivity index (χ1n) is 9.61. The van der Waals surface area contributed by atoms with Crippen LogP contribution in [-0.4, -0.2) is 39.7 Å². The highest BCUT2D eigenvalue weighted by molar-refractivity contribution is 7.99. The summed E-state index contributed by atoms with van der Waals surface area (Å²) in [6, 6.07) is 4.07. The number of aromatic amines is 1. The van der Waals surface area contributed by atoms with E-state index >= 15 is 0 Å². The average Bonchev–Trinajstić information content (AvgIpc) is 2.87. The van der Waals surface area contributed by atoms with Gasteiger partial charge in [0.2, 0.25) is 0 Å². The number of aromatic nitrogens is 2. The summed E-state index contributed by atoms with van der Waals surface area (Å²) in [7, 11) is 0. The molecule has 0 radical (unpaired) electrons. The van der Waals surface area contributed by atoms with Crippen LogP contribution >= 0.6 is 23.4 Å². The molecule has 1 atom stereocenters. The minimum absolute atomic E-state index is 0.165. The highest BCUT2D eigenvalue weighted by Crippen LogP contribution is 2.41. The Morgan fingerprint density at radius 3 is 2.68 bits per heavy atom. The van der Waals surface area contributed by atoms with Crippen LogP contribution in [0, 0.1) is 6.92 Å². The van der Waals surface area contributed by atoms with E-state index < -0.39 is 5.60 Å². The molecule has 7 heteroatoms. The highest BCUT2D eigenvalue weighted by atomic mass is 35.5. The maximum absolute atomic E-state index is 12.5. The molecule has 1 aromatic carbocycles. The summed E-state index contributed by atoms with van der Waals surface area (Å²) in [5, 5.41) is 1.90. The zero-order chi connectivity index (χ0) is 20.5. The predicted octanol–water partition coefficient (Wildman–Crippen LogP) is 5.56. The molecule has 1 amide bonds. The second kappa shape index (κ2) is 8.37. The molecule has 152 valence electrons. The zero-order valence-electron chi connectivity index (χ0n) is 17.1. The molecular formula is C21H28ClN3O2S. The maximum Gasteiger partial charge on any atom is 0.410 e. The molecular weight excluding hydrogens is 394 g/mol. The Kier molecular flexibility index (Phi) is 6.30. The molecule has 0 spiro atoms. The van der Waals surface area contributed by atoms with Gasteiger partial charge >= 0.3 is 6.09 Å². The average molecular weight is 422 g/mol. The number of fused-ring (bicyclic) bond motifs is 1. The number of ether oxygens (including phenoxy) is 1. The van der Waals surface area contributed by atoms with Gasteiger partial charge < -0.3 is 14.6 Å². The third kappa shape index (κ3) is 5.03. The van der Waals surface area contributed by atoms with Crippen molar-refractivity contribution < 1.29 is 9.53 Å². The van der Waals surface area contributed by atoms with Crippen LogP contribution in [0.4, 0.5) is 4.79 Å². The summed E-state index contributed by atoms with van der Waals surface area (Å²) >= 11 is 8.31. The molecule has 0 bridgehead atoms. The number of hydrogen-bond acceptors (Lipinski definition) is 4. The molecule has 3 rings (SSSR count). The molecule has 5 nitrogen and oxygen atoms in total. The fourth-order valence-electron chi connectivity index (χ4n) is 3.47. The number of carbonyl (C=O) groups excluding carboxylic acids is 1. The van der Waals surface area contributed by atoms with E-state index in [1.807, 2.05) is 40.0 Å². The lowest BCUT2D eigenvalue weighted by molar-refractivity contribution is 0.0258. The zero-order valence-corrected chi connectivity index (χ0v) is 18.7. The minimum atomic E-state index is -0.489. The van der Waals surface area contributed by atoms with Gasteiger partial charge in [-0.25, -0.2) is 9.78 Å². The molecule has 1 aliphatic rings.